The third-order valence-electron chi connectivity index (χ3n) is 8.16. The van der Waals surface area contributed by atoms with E-state index in [1.807, 2.05) is 11.8 Å². The predicted molar refractivity (Wildman–Crippen MR) is 155 cm³/mol. The van der Waals surface area contributed by atoms with Gasteiger partial charge in [-0.1, -0.05) is 6.42 Å². The number of hydrogen-bond acceptors (Lipinski definition) is 8. The van der Waals surface area contributed by atoms with Crippen LogP contribution < -0.4 is 21.3 Å². The summed E-state index contributed by atoms with van der Waals surface area (Å²) in [5.41, 5.74) is 0. The van der Waals surface area contributed by atoms with E-state index in [0.29, 0.717) is 88.8 Å². The highest BCUT2D eigenvalue weighted by atomic mass is 32.2. The van der Waals surface area contributed by atoms with Gasteiger partial charge in [0.25, 0.3) is 0 Å². The maximum absolute atomic E-state index is 12.0. The van der Waals surface area contributed by atoms with Crippen LogP contribution in [0.1, 0.15) is 51.4 Å². The number of unbranched alkanes of at least 4 members (excludes halogenated alkanes) is 1. The molecule has 11 nitrogen and oxygen atoms in total. The first-order chi connectivity index (χ1) is 20.1. The van der Waals surface area contributed by atoms with Crippen molar-refractivity contribution in [3.63, 3.8) is 0 Å². The molecule has 2 unspecified atom stereocenters. The molecule has 0 aromatic heterocycles. The van der Waals surface area contributed by atoms with Crippen LogP contribution in [0.25, 0.3) is 0 Å². The Labute approximate surface area is 247 Å². The summed E-state index contributed by atoms with van der Waals surface area (Å²) >= 11 is 1.90. The highest BCUT2D eigenvalue weighted by Gasteiger charge is 2.49. The largest absolute Gasteiger partial charge is 0.449 e. The van der Waals surface area contributed by atoms with E-state index in [9.17, 15) is 14.4 Å². The molecule has 2 aliphatic heterocycles. The Morgan fingerprint density at radius 2 is 1.54 bits per heavy atom. The minimum atomic E-state index is -0.385. The van der Waals surface area contributed by atoms with Gasteiger partial charge in [0.15, 0.2) is 0 Å². The van der Waals surface area contributed by atoms with Crippen LogP contribution in [-0.2, 0) is 23.7 Å². The van der Waals surface area contributed by atoms with Crippen molar-refractivity contribution >= 4 is 29.8 Å². The van der Waals surface area contributed by atoms with Gasteiger partial charge in [-0.05, 0) is 43.4 Å². The van der Waals surface area contributed by atoms with Crippen molar-refractivity contribution in [2.75, 3.05) is 65.1 Å². The van der Waals surface area contributed by atoms with Crippen LogP contribution >= 0.6 is 11.8 Å². The predicted octanol–water partition coefficient (Wildman–Crippen LogP) is 2.04. The van der Waals surface area contributed by atoms with Crippen molar-refractivity contribution in [3.05, 3.63) is 0 Å². The second-order valence-corrected chi connectivity index (χ2v) is 12.3. The van der Waals surface area contributed by atoms with Gasteiger partial charge >= 0.3 is 12.1 Å². The number of thioether (sulfide) groups is 1. The first-order valence-electron chi connectivity index (χ1n) is 15.2. The number of amides is 4. The molecule has 0 aromatic carbocycles. The van der Waals surface area contributed by atoms with Gasteiger partial charge in [-0.3, -0.25) is 4.79 Å². The van der Waals surface area contributed by atoms with E-state index >= 15 is 0 Å². The van der Waals surface area contributed by atoms with Crippen LogP contribution in [-0.4, -0.2) is 100 Å². The minimum Gasteiger partial charge on any atom is -0.449 e. The van der Waals surface area contributed by atoms with Crippen LogP contribution in [0.2, 0.25) is 0 Å². The minimum absolute atomic E-state index is 0.0412. The van der Waals surface area contributed by atoms with Gasteiger partial charge in [-0.15, -0.1) is 11.8 Å². The number of urea groups is 1. The smallest absolute Gasteiger partial charge is 0.407 e. The van der Waals surface area contributed by atoms with E-state index in [-0.39, 0.29) is 30.1 Å². The summed E-state index contributed by atoms with van der Waals surface area (Å²) in [4.78, 5) is 35.3. The lowest BCUT2D eigenvalue weighted by atomic mass is 10.0. The quantitative estimate of drug-likeness (QED) is 0.101. The molecule has 0 aromatic rings. The van der Waals surface area contributed by atoms with Gasteiger partial charge in [0, 0.05) is 43.4 Å². The SMILES string of the molecule is O=C(CCCC[C@H]1SC[C@H]2NC(=O)N[C@H]21)NCCOCCOCCOCCNC(=O)OCC1C2CCC#CCCC21. The van der Waals surface area contributed by atoms with Crippen LogP contribution in [0.4, 0.5) is 9.59 Å². The summed E-state index contributed by atoms with van der Waals surface area (Å²) in [6.07, 6.45) is 7.12. The molecule has 41 heavy (non-hydrogen) atoms. The summed E-state index contributed by atoms with van der Waals surface area (Å²) in [5, 5.41) is 12.0. The third kappa shape index (κ3) is 11.2. The van der Waals surface area contributed by atoms with Crippen LogP contribution in [0.3, 0.4) is 0 Å². The van der Waals surface area contributed by atoms with Crippen LogP contribution in [0, 0.1) is 29.6 Å². The molecule has 5 atom stereocenters. The van der Waals surface area contributed by atoms with E-state index in [1.54, 1.807) is 0 Å². The van der Waals surface area contributed by atoms with Crippen molar-refractivity contribution in [1.82, 2.24) is 21.3 Å². The van der Waals surface area contributed by atoms with Crippen molar-refractivity contribution in [2.24, 2.45) is 17.8 Å². The lowest BCUT2D eigenvalue weighted by molar-refractivity contribution is -0.121. The molecule has 4 amide bonds. The van der Waals surface area contributed by atoms with Crippen molar-refractivity contribution in [3.8, 4) is 11.8 Å². The van der Waals surface area contributed by atoms with E-state index < -0.39 is 0 Å². The fraction of sp³-hybridized carbons (Fsp3) is 0.828. The van der Waals surface area contributed by atoms with Crippen molar-refractivity contribution in [1.29, 1.82) is 0 Å². The monoisotopic (exact) mass is 594 g/mol. The molecule has 2 aliphatic carbocycles. The maximum atomic E-state index is 12.0. The van der Waals surface area contributed by atoms with Crippen molar-refractivity contribution < 1.29 is 33.3 Å². The Bertz CT molecular complexity index is 895. The third-order valence-corrected chi connectivity index (χ3v) is 9.66. The fourth-order valence-electron chi connectivity index (χ4n) is 5.90. The fourth-order valence-corrected chi connectivity index (χ4v) is 7.44. The Morgan fingerprint density at radius 1 is 0.878 bits per heavy atom. The molecule has 0 spiro atoms. The first-order valence-corrected chi connectivity index (χ1v) is 16.2. The highest BCUT2D eigenvalue weighted by molar-refractivity contribution is 8.00. The van der Waals surface area contributed by atoms with Crippen molar-refractivity contribution in [2.45, 2.75) is 68.7 Å². The molecule has 2 heterocycles. The highest BCUT2D eigenvalue weighted by Crippen LogP contribution is 2.52. The molecule has 12 heteroatoms. The molecule has 230 valence electrons. The van der Waals surface area contributed by atoms with Gasteiger partial charge in [-0.2, -0.15) is 11.8 Å². The first kappa shape index (κ1) is 31.7. The zero-order valence-corrected chi connectivity index (χ0v) is 24.8. The Balaban J connectivity index is 0.848. The normalized spacial score (nSPS) is 27.7. The molecule has 4 N–H and O–H groups in total. The van der Waals surface area contributed by atoms with Gasteiger partial charge < -0.3 is 40.2 Å². The number of alkyl carbamates (subject to hydrolysis) is 1. The Kier molecular flexibility index (Phi) is 13.7. The molecule has 0 radical (unpaired) electrons. The molecule has 0 bridgehead atoms. The van der Waals surface area contributed by atoms with E-state index in [0.717, 1.165) is 50.7 Å². The Morgan fingerprint density at radius 3 is 2.24 bits per heavy atom. The average Bonchev–Trinajstić information content (AvgIpc) is 3.21. The number of carbonyl (C=O) groups excluding carboxylic acids is 3. The zero-order chi connectivity index (χ0) is 28.7. The van der Waals surface area contributed by atoms with E-state index in [2.05, 4.69) is 33.1 Å². The van der Waals surface area contributed by atoms with E-state index in [4.69, 9.17) is 18.9 Å². The van der Waals surface area contributed by atoms with Crippen LogP contribution in [0.5, 0.6) is 0 Å². The lowest BCUT2D eigenvalue weighted by Crippen LogP contribution is -2.36. The summed E-state index contributed by atoms with van der Waals surface area (Å²) in [5.74, 6) is 9.23. The summed E-state index contributed by atoms with van der Waals surface area (Å²) < 4.78 is 21.8. The Hall–Kier alpha value is -2.20. The molecule has 1 saturated carbocycles. The number of carbonyl (C=O) groups is 3. The molecular formula is C29H46N4O7S. The molecule has 3 fully saturated rings. The number of ether oxygens (including phenoxy) is 4. The number of fused-ring (bicyclic) bond motifs is 2. The summed E-state index contributed by atoms with van der Waals surface area (Å²) in [7, 11) is 0. The van der Waals surface area contributed by atoms with E-state index in [1.165, 1.54) is 0 Å². The second kappa shape index (κ2) is 17.7. The number of hydrogen-bond donors (Lipinski definition) is 4. The number of rotatable bonds is 19. The molecule has 4 rings (SSSR count). The molecule has 2 saturated heterocycles. The molecular weight excluding hydrogens is 548 g/mol. The summed E-state index contributed by atoms with van der Waals surface area (Å²) in [6, 6.07) is 0.413. The molecule has 4 aliphatic rings. The van der Waals surface area contributed by atoms with Crippen LogP contribution in [0.15, 0.2) is 0 Å². The van der Waals surface area contributed by atoms with Gasteiger partial charge in [0.2, 0.25) is 5.91 Å². The summed E-state index contributed by atoms with van der Waals surface area (Å²) in [6.45, 7) is 4.00. The van der Waals surface area contributed by atoms with Gasteiger partial charge in [-0.25, -0.2) is 9.59 Å². The maximum Gasteiger partial charge on any atom is 0.407 e. The van der Waals surface area contributed by atoms with Gasteiger partial charge in [0.05, 0.1) is 58.3 Å². The second-order valence-electron chi connectivity index (χ2n) is 11.0. The standard InChI is InChI=1S/C29H46N4O7S/c34-26(10-6-5-9-25-27-24(20-41-25)32-28(35)33-27)30-11-13-37-15-17-39-18-16-38-14-12-31-29(36)40-19-23-21-7-3-1-2-4-8-22(21)23/h21-25,27H,3-20H2,(H,30,34)(H,31,36)(H2,32,33,35)/t21?,22?,23?,24-,25-,27-/m1/s1. The van der Waals surface area contributed by atoms with Gasteiger partial charge in [0.1, 0.15) is 0 Å². The topological polar surface area (TPSA) is 136 Å². The lowest BCUT2D eigenvalue weighted by Gasteiger charge is -2.16. The average molecular weight is 595 g/mol. The zero-order valence-electron chi connectivity index (χ0n) is 24.0. The number of nitrogens with one attached hydrogen (secondary N) is 4.